The van der Waals surface area contributed by atoms with Crippen LogP contribution in [0.25, 0.3) is 0 Å². The van der Waals surface area contributed by atoms with Crippen molar-refractivity contribution in [2.24, 2.45) is 5.73 Å². The average molecular weight is 180 g/mol. The second-order valence-electron chi connectivity index (χ2n) is 1.97. The van der Waals surface area contributed by atoms with Gasteiger partial charge in [0.05, 0.1) is 6.61 Å². The molecule has 0 aromatic heterocycles. The van der Waals surface area contributed by atoms with Crippen molar-refractivity contribution in [3.05, 3.63) is 12.2 Å². The number of hydrogen-bond acceptors (Lipinski definition) is 3. The summed E-state index contributed by atoms with van der Waals surface area (Å²) in [5.74, 6) is -0.334. The summed E-state index contributed by atoms with van der Waals surface area (Å²) in [5.41, 5.74) is 5.34. The van der Waals surface area contributed by atoms with E-state index in [4.69, 9.17) is 5.73 Å². The largest absolute Gasteiger partial charge is 0.463 e. The molecular weight excluding hydrogens is 166 g/mol. The van der Waals surface area contributed by atoms with E-state index in [2.05, 4.69) is 4.74 Å². The molecule has 0 aromatic rings. The van der Waals surface area contributed by atoms with Gasteiger partial charge >= 0.3 is 5.97 Å². The van der Waals surface area contributed by atoms with Gasteiger partial charge in [-0.3, -0.25) is 0 Å². The molecule has 0 aliphatic carbocycles. The SMILES string of the molecule is CCOC(=O)/C=C/C(C)N.Cl. The topological polar surface area (TPSA) is 52.3 Å². The molecule has 0 saturated carbocycles. The predicted octanol–water partition coefficient (Wildman–Crippen LogP) is 0.875. The van der Waals surface area contributed by atoms with Gasteiger partial charge in [-0.25, -0.2) is 4.79 Å². The zero-order valence-electron chi connectivity index (χ0n) is 6.74. The first kappa shape index (κ1) is 13.1. The third-order valence-corrected chi connectivity index (χ3v) is 0.822. The Morgan fingerprint density at radius 1 is 1.73 bits per heavy atom. The molecule has 0 bridgehead atoms. The summed E-state index contributed by atoms with van der Waals surface area (Å²) in [6, 6.07) is -0.0931. The first-order valence-electron chi connectivity index (χ1n) is 3.27. The Morgan fingerprint density at radius 2 is 2.27 bits per heavy atom. The van der Waals surface area contributed by atoms with Gasteiger partial charge in [-0.2, -0.15) is 0 Å². The van der Waals surface area contributed by atoms with Gasteiger partial charge < -0.3 is 10.5 Å². The molecule has 2 N–H and O–H groups in total. The normalized spacial score (nSPS) is 12.3. The van der Waals surface area contributed by atoms with Crippen LogP contribution in [-0.4, -0.2) is 18.6 Å². The minimum Gasteiger partial charge on any atom is -0.463 e. The summed E-state index contributed by atoms with van der Waals surface area (Å²) < 4.78 is 4.61. The van der Waals surface area contributed by atoms with Crippen LogP contribution >= 0.6 is 12.4 Å². The maximum Gasteiger partial charge on any atom is 0.330 e. The molecule has 0 fully saturated rings. The van der Waals surface area contributed by atoms with E-state index < -0.39 is 0 Å². The van der Waals surface area contributed by atoms with Gasteiger partial charge in [0, 0.05) is 12.1 Å². The fourth-order valence-corrected chi connectivity index (χ4v) is 0.421. The number of carbonyl (C=O) groups is 1. The van der Waals surface area contributed by atoms with Crippen molar-refractivity contribution in [2.45, 2.75) is 19.9 Å². The maximum absolute atomic E-state index is 10.6. The van der Waals surface area contributed by atoms with Gasteiger partial charge in [0.15, 0.2) is 0 Å². The number of carbonyl (C=O) groups excluding carboxylic acids is 1. The fourth-order valence-electron chi connectivity index (χ4n) is 0.421. The Kier molecular flexibility index (Phi) is 9.00. The Labute approximate surface area is 73.0 Å². The summed E-state index contributed by atoms with van der Waals surface area (Å²) in [7, 11) is 0. The minimum atomic E-state index is -0.334. The van der Waals surface area contributed by atoms with Crippen molar-refractivity contribution in [1.82, 2.24) is 0 Å². The molecule has 0 spiro atoms. The zero-order chi connectivity index (χ0) is 7.98. The molecule has 0 radical (unpaired) electrons. The van der Waals surface area contributed by atoms with E-state index >= 15 is 0 Å². The lowest BCUT2D eigenvalue weighted by Gasteiger charge is -1.95. The number of esters is 1. The summed E-state index contributed by atoms with van der Waals surface area (Å²) in [6.45, 7) is 3.95. The van der Waals surface area contributed by atoms with Crippen molar-refractivity contribution in [2.75, 3.05) is 6.61 Å². The Bertz CT molecular complexity index is 134. The molecule has 0 heterocycles. The lowest BCUT2D eigenvalue weighted by molar-refractivity contribution is -0.137. The molecule has 3 nitrogen and oxygen atoms in total. The molecule has 1 unspecified atom stereocenters. The molecule has 0 saturated heterocycles. The molecule has 66 valence electrons. The number of ether oxygens (including phenoxy) is 1. The molecule has 4 heteroatoms. The van der Waals surface area contributed by atoms with Crippen LogP contribution in [-0.2, 0) is 9.53 Å². The van der Waals surface area contributed by atoms with Crippen LogP contribution in [0, 0.1) is 0 Å². The van der Waals surface area contributed by atoms with E-state index in [0.717, 1.165) is 0 Å². The third-order valence-electron chi connectivity index (χ3n) is 0.822. The lowest BCUT2D eigenvalue weighted by atomic mass is 10.3. The van der Waals surface area contributed by atoms with Crippen LogP contribution in [0.3, 0.4) is 0 Å². The molecular formula is C7H14ClNO2. The lowest BCUT2D eigenvalue weighted by Crippen LogP contribution is -2.11. The van der Waals surface area contributed by atoms with Crippen molar-refractivity contribution in [1.29, 1.82) is 0 Å². The molecule has 0 rings (SSSR count). The van der Waals surface area contributed by atoms with E-state index in [0.29, 0.717) is 6.61 Å². The van der Waals surface area contributed by atoms with Crippen molar-refractivity contribution >= 4 is 18.4 Å². The summed E-state index contributed by atoms with van der Waals surface area (Å²) in [5, 5.41) is 0. The smallest absolute Gasteiger partial charge is 0.330 e. The quantitative estimate of drug-likeness (QED) is 0.517. The highest BCUT2D eigenvalue weighted by atomic mass is 35.5. The van der Waals surface area contributed by atoms with Gasteiger partial charge in [-0.1, -0.05) is 6.08 Å². The maximum atomic E-state index is 10.6. The van der Waals surface area contributed by atoms with Crippen LogP contribution in [0.15, 0.2) is 12.2 Å². The third kappa shape index (κ3) is 9.46. The first-order chi connectivity index (χ1) is 4.66. The van der Waals surface area contributed by atoms with E-state index in [1.54, 1.807) is 19.9 Å². The molecule has 0 aliphatic heterocycles. The second-order valence-corrected chi connectivity index (χ2v) is 1.97. The molecule has 0 amide bonds. The minimum absolute atomic E-state index is 0. The van der Waals surface area contributed by atoms with E-state index in [1.807, 2.05) is 0 Å². The molecule has 0 aromatic carbocycles. The van der Waals surface area contributed by atoms with Gasteiger partial charge in [0.25, 0.3) is 0 Å². The van der Waals surface area contributed by atoms with Gasteiger partial charge in [0.2, 0.25) is 0 Å². The highest BCUT2D eigenvalue weighted by Crippen LogP contribution is 1.83. The number of halogens is 1. The summed E-state index contributed by atoms with van der Waals surface area (Å²) >= 11 is 0. The first-order valence-corrected chi connectivity index (χ1v) is 3.27. The van der Waals surface area contributed by atoms with Crippen LogP contribution in [0.5, 0.6) is 0 Å². The average Bonchev–Trinajstić information content (AvgIpc) is 1.85. The Balaban J connectivity index is 0. The molecule has 11 heavy (non-hydrogen) atoms. The fraction of sp³-hybridized carbons (Fsp3) is 0.571. The number of nitrogens with two attached hydrogens (primary N) is 1. The van der Waals surface area contributed by atoms with Crippen molar-refractivity contribution in [3.8, 4) is 0 Å². The van der Waals surface area contributed by atoms with Crippen LogP contribution in [0.4, 0.5) is 0 Å². The number of rotatable bonds is 3. The van der Waals surface area contributed by atoms with E-state index in [-0.39, 0.29) is 24.4 Å². The second kappa shape index (κ2) is 7.57. The zero-order valence-corrected chi connectivity index (χ0v) is 7.56. The van der Waals surface area contributed by atoms with Crippen LogP contribution in [0.1, 0.15) is 13.8 Å². The van der Waals surface area contributed by atoms with Gasteiger partial charge in [0.1, 0.15) is 0 Å². The summed E-state index contributed by atoms with van der Waals surface area (Å²) in [4.78, 5) is 10.6. The molecule has 0 aliphatic rings. The predicted molar refractivity (Wildman–Crippen MR) is 46.7 cm³/mol. The molecule has 1 atom stereocenters. The summed E-state index contributed by atoms with van der Waals surface area (Å²) in [6.07, 6.45) is 2.94. The highest BCUT2D eigenvalue weighted by Gasteiger charge is 1.92. The van der Waals surface area contributed by atoms with Crippen LogP contribution in [0.2, 0.25) is 0 Å². The Hall–Kier alpha value is -0.540. The highest BCUT2D eigenvalue weighted by molar-refractivity contribution is 5.85. The van der Waals surface area contributed by atoms with Crippen molar-refractivity contribution < 1.29 is 9.53 Å². The Morgan fingerprint density at radius 3 is 2.64 bits per heavy atom. The van der Waals surface area contributed by atoms with Gasteiger partial charge in [-0.15, -0.1) is 12.4 Å². The van der Waals surface area contributed by atoms with Crippen LogP contribution < -0.4 is 5.73 Å². The monoisotopic (exact) mass is 179 g/mol. The number of hydrogen-bond donors (Lipinski definition) is 1. The van der Waals surface area contributed by atoms with Crippen molar-refractivity contribution in [3.63, 3.8) is 0 Å². The van der Waals surface area contributed by atoms with E-state index in [9.17, 15) is 4.79 Å². The standard InChI is InChI=1S/C7H13NO2.ClH/c1-3-10-7(9)5-4-6(2)8;/h4-6H,3,8H2,1-2H3;1H/b5-4+;. The van der Waals surface area contributed by atoms with E-state index in [1.165, 1.54) is 6.08 Å². The van der Waals surface area contributed by atoms with Gasteiger partial charge in [-0.05, 0) is 13.8 Å².